The Morgan fingerprint density at radius 3 is 2.49 bits per heavy atom. The largest absolute Gasteiger partial charge is 0.404 e. The van der Waals surface area contributed by atoms with E-state index in [2.05, 4.69) is 87.7 Å². The molecule has 0 fully saturated rings. The Labute approximate surface area is 216 Å². The van der Waals surface area contributed by atoms with Crippen molar-refractivity contribution in [1.29, 1.82) is 0 Å². The van der Waals surface area contributed by atoms with Crippen molar-refractivity contribution < 1.29 is 13.5 Å². The molecule has 0 aliphatic heterocycles. The third-order valence-corrected chi connectivity index (χ3v) is 11.3. The first kappa shape index (κ1) is 19.9. The van der Waals surface area contributed by atoms with Gasteiger partial charge in [-0.15, -0.1) is 11.3 Å². The summed E-state index contributed by atoms with van der Waals surface area (Å²) in [5, 5.41) is 8.27. The molecule has 0 N–H and O–H groups in total. The molecule has 4 nitrogen and oxygen atoms in total. The lowest BCUT2D eigenvalue weighted by molar-refractivity contribution is -0.675. The van der Waals surface area contributed by atoms with Crippen LogP contribution in [0.3, 0.4) is 0 Å². The van der Waals surface area contributed by atoms with Crippen LogP contribution in [-0.4, -0.2) is 4.57 Å². The van der Waals surface area contributed by atoms with Crippen LogP contribution in [0.4, 0.5) is 0 Å². The van der Waals surface area contributed by atoms with Gasteiger partial charge >= 0.3 is 5.88 Å². The molecule has 0 bridgehead atoms. The molecule has 9 rings (SSSR count). The molecule has 1 unspecified atom stereocenters. The van der Waals surface area contributed by atoms with Crippen LogP contribution >= 0.6 is 18.8 Å². The monoisotopic (exact) mass is 513 g/mol. The third kappa shape index (κ3) is 2.43. The SMILES string of the molecule is C[n+]1ccccc1Oc1ccc2sc3c4c2c1p1c2c(ccc(c42)n3-c2ccccc2)c2cccc[n+]21. The number of nitrogens with zero attached hydrogens (tertiary/aromatic N) is 3. The molecule has 0 amide bonds. The Morgan fingerprint density at radius 2 is 1.59 bits per heavy atom. The highest BCUT2D eigenvalue weighted by atomic mass is 32.1. The van der Waals surface area contributed by atoms with Crippen molar-refractivity contribution in [2.45, 2.75) is 0 Å². The van der Waals surface area contributed by atoms with Crippen LogP contribution in [0.1, 0.15) is 0 Å². The summed E-state index contributed by atoms with van der Waals surface area (Å²) in [6.45, 7) is 0. The maximum absolute atomic E-state index is 6.71. The highest BCUT2D eigenvalue weighted by Gasteiger charge is 2.32. The average molecular weight is 514 g/mol. The van der Waals surface area contributed by atoms with Gasteiger partial charge in [0.1, 0.15) is 17.0 Å². The van der Waals surface area contributed by atoms with Gasteiger partial charge in [-0.05, 0) is 48.5 Å². The van der Waals surface area contributed by atoms with E-state index in [0.29, 0.717) is 0 Å². The van der Waals surface area contributed by atoms with E-state index < -0.39 is 7.50 Å². The minimum Gasteiger partial charge on any atom is -0.404 e. The molecule has 6 aromatic heterocycles. The molecule has 0 aliphatic rings. The molecule has 3 aromatic carbocycles. The number of fused-ring (bicyclic) bond motifs is 4. The van der Waals surface area contributed by atoms with Gasteiger partial charge in [0.2, 0.25) is 5.52 Å². The quantitative estimate of drug-likeness (QED) is 0.174. The van der Waals surface area contributed by atoms with Crippen LogP contribution in [0.25, 0.3) is 58.0 Å². The molecule has 0 spiro atoms. The van der Waals surface area contributed by atoms with Gasteiger partial charge in [-0.25, -0.2) is 0 Å². The van der Waals surface area contributed by atoms with Crippen LogP contribution in [-0.2, 0) is 7.05 Å². The van der Waals surface area contributed by atoms with Gasteiger partial charge in [-0.2, -0.15) is 8.73 Å². The van der Waals surface area contributed by atoms with E-state index in [-0.39, 0.29) is 0 Å². The standard InChI is InChI=1S/C31H20N3OPS/c1-32-17-7-6-12-25(32)35-23-15-16-24-27-28-26-22(34(31(28)37-24)19-9-3-2-4-10-19)14-13-20-21-11-5-8-18-33(21)36(29(20)26)30(23)27/h2-18H,1H3/q+2. The van der Waals surface area contributed by atoms with Gasteiger partial charge in [-0.1, -0.05) is 18.2 Å². The average Bonchev–Trinajstić information content (AvgIpc) is 3.58. The minimum atomic E-state index is -0.823. The van der Waals surface area contributed by atoms with E-state index in [4.69, 9.17) is 4.74 Å². The number of ether oxygens (including phenoxy) is 1. The normalized spacial score (nSPS) is 12.9. The molecule has 0 saturated carbocycles. The van der Waals surface area contributed by atoms with Crippen molar-refractivity contribution in [2.75, 3.05) is 0 Å². The first-order valence-corrected chi connectivity index (χ1v) is 14.5. The van der Waals surface area contributed by atoms with Gasteiger partial charge in [0.15, 0.2) is 25.6 Å². The second kappa shape index (κ2) is 6.98. The summed E-state index contributed by atoms with van der Waals surface area (Å²) in [6.07, 6.45) is 4.28. The second-order valence-corrected chi connectivity index (χ2v) is 12.6. The molecule has 6 heterocycles. The van der Waals surface area contributed by atoms with Gasteiger partial charge in [0.05, 0.1) is 22.1 Å². The molecule has 0 saturated heterocycles. The number of hydrogen-bond donors (Lipinski definition) is 0. The molecule has 1 atom stereocenters. The van der Waals surface area contributed by atoms with Gasteiger partial charge in [0.25, 0.3) is 0 Å². The Hall–Kier alpha value is -4.18. The van der Waals surface area contributed by atoms with Crippen molar-refractivity contribution >= 4 is 71.2 Å². The van der Waals surface area contributed by atoms with Gasteiger partial charge in [-0.3, -0.25) is 0 Å². The molecule has 174 valence electrons. The minimum absolute atomic E-state index is 0.823. The fourth-order valence-electron chi connectivity index (χ4n) is 6.08. The first-order chi connectivity index (χ1) is 18.3. The highest BCUT2D eigenvalue weighted by Crippen LogP contribution is 2.57. The molecule has 0 radical (unpaired) electrons. The van der Waals surface area contributed by atoms with E-state index in [1.165, 1.54) is 58.0 Å². The van der Waals surface area contributed by atoms with Crippen molar-refractivity contribution in [3.8, 4) is 17.3 Å². The van der Waals surface area contributed by atoms with Crippen LogP contribution in [0.2, 0.25) is 0 Å². The topological polar surface area (TPSA) is 22.1 Å². The summed E-state index contributed by atoms with van der Waals surface area (Å²) in [5.74, 6) is 1.79. The Bertz CT molecular complexity index is 2290. The highest BCUT2D eigenvalue weighted by molar-refractivity contribution is 7.52. The molecule has 0 aliphatic carbocycles. The van der Waals surface area contributed by atoms with E-state index in [0.717, 1.165) is 11.6 Å². The van der Waals surface area contributed by atoms with E-state index in [1.54, 1.807) is 0 Å². The summed E-state index contributed by atoms with van der Waals surface area (Å²) < 4.78 is 15.0. The summed E-state index contributed by atoms with van der Waals surface area (Å²) in [4.78, 5) is 1.31. The number of hydrogen-bond acceptors (Lipinski definition) is 2. The number of para-hydroxylation sites is 1. The van der Waals surface area contributed by atoms with Crippen LogP contribution in [0, 0.1) is 0 Å². The molecule has 6 heteroatoms. The number of rotatable bonds is 3. The molecular weight excluding hydrogens is 493 g/mol. The zero-order valence-corrected chi connectivity index (χ0v) is 21.6. The second-order valence-electron chi connectivity index (χ2n) is 9.59. The Morgan fingerprint density at radius 1 is 0.757 bits per heavy atom. The number of pyridine rings is 2. The van der Waals surface area contributed by atoms with Gasteiger partial charge < -0.3 is 9.30 Å². The smallest absolute Gasteiger partial charge is 0.373 e. The Balaban J connectivity index is 1.55. The predicted octanol–water partition coefficient (Wildman–Crippen LogP) is 7.82. The summed E-state index contributed by atoms with van der Waals surface area (Å²) in [5.41, 5.74) is 3.78. The zero-order chi connectivity index (χ0) is 24.2. The van der Waals surface area contributed by atoms with Crippen molar-refractivity contribution in [1.82, 2.24) is 4.57 Å². The lowest BCUT2D eigenvalue weighted by Crippen LogP contribution is -2.28. The molecule has 37 heavy (non-hydrogen) atoms. The van der Waals surface area contributed by atoms with E-state index >= 15 is 0 Å². The van der Waals surface area contributed by atoms with Crippen molar-refractivity contribution in [3.05, 3.63) is 103 Å². The van der Waals surface area contributed by atoms with Crippen molar-refractivity contribution in [3.63, 3.8) is 0 Å². The van der Waals surface area contributed by atoms with Crippen LogP contribution < -0.4 is 13.5 Å². The summed E-state index contributed by atoms with van der Waals surface area (Å²) in [7, 11) is 1.21. The molecular formula is C31H20N3OPS+2. The summed E-state index contributed by atoms with van der Waals surface area (Å²) in [6, 6.07) is 32.5. The first-order valence-electron chi connectivity index (χ1n) is 12.4. The summed E-state index contributed by atoms with van der Waals surface area (Å²) >= 11 is 1.89. The number of aryl methyl sites for hydroxylation is 1. The lowest BCUT2D eigenvalue weighted by Gasteiger charge is -2.09. The predicted molar refractivity (Wildman–Crippen MR) is 153 cm³/mol. The number of benzene rings is 3. The van der Waals surface area contributed by atoms with Crippen LogP contribution in [0.5, 0.6) is 11.6 Å². The third-order valence-electron chi connectivity index (χ3n) is 7.61. The number of thiophene rings is 1. The lowest BCUT2D eigenvalue weighted by atomic mass is 10.1. The maximum Gasteiger partial charge on any atom is 0.373 e. The Kier molecular flexibility index (Phi) is 3.76. The fraction of sp³-hybridized carbons (Fsp3) is 0.0323. The zero-order valence-electron chi connectivity index (χ0n) is 19.9. The molecule has 9 aromatic rings. The van der Waals surface area contributed by atoms with Crippen LogP contribution in [0.15, 0.2) is 103 Å². The van der Waals surface area contributed by atoms with E-state index in [9.17, 15) is 0 Å². The fourth-order valence-corrected chi connectivity index (χ4v) is 10.3. The van der Waals surface area contributed by atoms with Gasteiger partial charge in [0, 0.05) is 44.7 Å². The number of aromatic nitrogens is 3. The van der Waals surface area contributed by atoms with Crippen molar-refractivity contribution in [2.24, 2.45) is 7.05 Å². The van der Waals surface area contributed by atoms with E-state index in [1.807, 2.05) is 47.3 Å². The maximum atomic E-state index is 6.71.